The molecule has 0 aliphatic heterocycles. The first-order chi connectivity index (χ1) is 14.2. The van der Waals surface area contributed by atoms with Crippen molar-refractivity contribution in [2.45, 2.75) is 26.8 Å². The van der Waals surface area contributed by atoms with Gasteiger partial charge in [-0.3, -0.25) is 9.48 Å². The molecule has 0 radical (unpaired) electrons. The molecule has 3 aromatic rings. The molecular formula is C20H25FN4O3S2. The Kier molecular flexibility index (Phi) is 6.89. The van der Waals surface area contributed by atoms with Crippen molar-refractivity contribution in [3.63, 3.8) is 0 Å². The number of hydrogen-bond acceptors (Lipinski definition) is 5. The van der Waals surface area contributed by atoms with Crippen molar-refractivity contribution in [2.24, 2.45) is 0 Å². The molecule has 3 rings (SSSR count). The molecule has 162 valence electrons. The molecule has 0 bridgehead atoms. The Labute approximate surface area is 179 Å². The van der Waals surface area contributed by atoms with Crippen molar-refractivity contribution in [1.82, 2.24) is 19.4 Å². The summed E-state index contributed by atoms with van der Waals surface area (Å²) >= 11 is 1.36. The summed E-state index contributed by atoms with van der Waals surface area (Å²) in [5.41, 5.74) is 1.75. The van der Waals surface area contributed by atoms with E-state index < -0.39 is 10.0 Å². The summed E-state index contributed by atoms with van der Waals surface area (Å²) < 4.78 is 39.5. The molecule has 30 heavy (non-hydrogen) atoms. The Bertz CT molecular complexity index is 1140. The molecule has 0 fully saturated rings. The van der Waals surface area contributed by atoms with Crippen LogP contribution in [0.1, 0.15) is 34.3 Å². The third-order valence-electron chi connectivity index (χ3n) is 4.77. The average Bonchev–Trinajstić information content (AvgIpc) is 3.24. The van der Waals surface area contributed by atoms with E-state index >= 15 is 0 Å². The predicted octanol–water partition coefficient (Wildman–Crippen LogP) is 3.00. The van der Waals surface area contributed by atoms with Crippen LogP contribution in [0.4, 0.5) is 4.39 Å². The number of aromatic nitrogens is 2. The van der Waals surface area contributed by atoms with Gasteiger partial charge in [-0.15, -0.1) is 11.3 Å². The lowest BCUT2D eigenvalue weighted by Crippen LogP contribution is -2.33. The minimum absolute atomic E-state index is 0.189. The topological polar surface area (TPSA) is 84.3 Å². The maximum Gasteiger partial charge on any atom is 0.261 e. The maximum absolute atomic E-state index is 13.1. The molecule has 10 heteroatoms. The van der Waals surface area contributed by atoms with E-state index in [4.69, 9.17) is 0 Å². The first-order valence-corrected chi connectivity index (χ1v) is 12.3. The van der Waals surface area contributed by atoms with Crippen molar-refractivity contribution >= 4 is 37.5 Å². The highest BCUT2D eigenvalue weighted by molar-refractivity contribution is 7.88. The molecule has 0 aliphatic rings. The lowest BCUT2D eigenvalue weighted by Gasteiger charge is -2.17. The van der Waals surface area contributed by atoms with Crippen molar-refractivity contribution in [3.8, 4) is 0 Å². The number of aryl methyl sites for hydroxylation is 1. The van der Waals surface area contributed by atoms with E-state index in [-0.39, 0.29) is 11.7 Å². The fourth-order valence-corrected chi connectivity index (χ4v) is 5.20. The average molecular weight is 453 g/mol. The standard InChI is InChI=1S/C20H25FN4O3S2/c1-4-24(30(3,27)28)11-5-10-22-19(26)18-12-17-14(2)23-25(20(17)29-18)13-15-6-8-16(21)9-7-15/h6-9,12H,4-5,10-11,13H2,1-3H3,(H,22,26). The number of carbonyl (C=O) groups is 1. The summed E-state index contributed by atoms with van der Waals surface area (Å²) in [7, 11) is -3.22. The molecule has 0 spiro atoms. The first kappa shape index (κ1) is 22.4. The van der Waals surface area contributed by atoms with Gasteiger partial charge in [0.15, 0.2) is 0 Å². The number of hydrogen-bond donors (Lipinski definition) is 1. The lowest BCUT2D eigenvalue weighted by atomic mass is 10.2. The molecule has 0 aliphatic carbocycles. The molecule has 0 saturated heterocycles. The third-order valence-corrected chi connectivity index (χ3v) is 7.29. The van der Waals surface area contributed by atoms with Crippen molar-refractivity contribution in [1.29, 1.82) is 0 Å². The van der Waals surface area contributed by atoms with Crippen LogP contribution in [0.3, 0.4) is 0 Å². The van der Waals surface area contributed by atoms with E-state index in [1.165, 1.54) is 34.0 Å². The molecule has 0 atom stereocenters. The molecule has 0 saturated carbocycles. The Hall–Kier alpha value is -2.30. The quantitative estimate of drug-likeness (QED) is 0.506. The van der Waals surface area contributed by atoms with Crippen LogP contribution in [0, 0.1) is 12.7 Å². The van der Waals surface area contributed by atoms with Gasteiger partial charge in [0.1, 0.15) is 10.6 Å². The molecule has 0 unspecified atom stereocenters. The number of nitrogens with one attached hydrogen (secondary N) is 1. The maximum atomic E-state index is 13.1. The zero-order chi connectivity index (χ0) is 21.9. The lowest BCUT2D eigenvalue weighted by molar-refractivity contribution is 0.0957. The van der Waals surface area contributed by atoms with Crippen LogP contribution in [0.5, 0.6) is 0 Å². The highest BCUT2D eigenvalue weighted by Crippen LogP contribution is 2.28. The van der Waals surface area contributed by atoms with Crippen LogP contribution in [0.2, 0.25) is 0 Å². The summed E-state index contributed by atoms with van der Waals surface area (Å²) in [5.74, 6) is -0.472. The smallest absolute Gasteiger partial charge is 0.261 e. The Balaban J connectivity index is 1.65. The number of fused-ring (bicyclic) bond motifs is 1. The molecule has 1 N–H and O–H groups in total. The number of sulfonamides is 1. The van der Waals surface area contributed by atoms with Gasteiger partial charge < -0.3 is 5.32 Å². The number of nitrogens with zero attached hydrogens (tertiary/aromatic N) is 3. The normalized spacial score (nSPS) is 12.0. The molecule has 2 heterocycles. The van der Waals surface area contributed by atoms with Crippen LogP contribution in [0.15, 0.2) is 30.3 Å². The van der Waals surface area contributed by atoms with E-state index in [9.17, 15) is 17.6 Å². The van der Waals surface area contributed by atoms with E-state index in [0.717, 1.165) is 21.5 Å². The van der Waals surface area contributed by atoms with E-state index in [1.807, 2.05) is 17.7 Å². The second-order valence-electron chi connectivity index (χ2n) is 7.06. The van der Waals surface area contributed by atoms with Crippen LogP contribution >= 0.6 is 11.3 Å². The molecule has 1 amide bonds. The number of rotatable bonds is 9. The Morgan fingerprint density at radius 1 is 1.30 bits per heavy atom. The SMILES string of the molecule is CCN(CCCNC(=O)c1cc2c(C)nn(Cc3ccc(F)cc3)c2s1)S(C)(=O)=O. The number of thiophene rings is 1. The molecular weight excluding hydrogens is 427 g/mol. The summed E-state index contributed by atoms with van der Waals surface area (Å²) in [6.45, 7) is 5.34. The summed E-state index contributed by atoms with van der Waals surface area (Å²) in [4.78, 5) is 14.0. The minimum atomic E-state index is -3.22. The van der Waals surface area contributed by atoms with Crippen molar-refractivity contribution in [2.75, 3.05) is 25.9 Å². The van der Waals surface area contributed by atoms with Crippen LogP contribution in [-0.2, 0) is 16.6 Å². The zero-order valence-electron chi connectivity index (χ0n) is 17.2. The molecule has 2 aromatic heterocycles. The summed E-state index contributed by atoms with van der Waals surface area (Å²) in [6.07, 6.45) is 1.72. The largest absolute Gasteiger partial charge is 0.351 e. The third kappa shape index (κ3) is 5.24. The van der Waals surface area contributed by atoms with Gasteiger partial charge in [-0.25, -0.2) is 17.1 Å². The highest BCUT2D eigenvalue weighted by atomic mass is 32.2. The van der Waals surface area contributed by atoms with Gasteiger partial charge in [-0.1, -0.05) is 19.1 Å². The number of amides is 1. The van der Waals surface area contributed by atoms with Gasteiger partial charge in [0.25, 0.3) is 5.91 Å². The predicted molar refractivity (Wildman–Crippen MR) is 117 cm³/mol. The summed E-state index contributed by atoms with van der Waals surface area (Å²) in [6, 6.07) is 8.10. The van der Waals surface area contributed by atoms with Gasteiger partial charge in [0.2, 0.25) is 10.0 Å². The van der Waals surface area contributed by atoms with Crippen molar-refractivity contribution < 1.29 is 17.6 Å². The van der Waals surface area contributed by atoms with Gasteiger partial charge in [-0.05, 0) is 37.1 Å². The van der Waals surface area contributed by atoms with Crippen molar-refractivity contribution in [3.05, 3.63) is 52.3 Å². The van der Waals surface area contributed by atoms with E-state index in [1.54, 1.807) is 19.1 Å². The Morgan fingerprint density at radius 2 is 2.00 bits per heavy atom. The first-order valence-electron chi connectivity index (χ1n) is 9.63. The number of carbonyl (C=O) groups excluding carboxylic acids is 1. The fourth-order valence-electron chi connectivity index (χ4n) is 3.20. The molecule has 7 nitrogen and oxygen atoms in total. The number of halogens is 1. The highest BCUT2D eigenvalue weighted by Gasteiger charge is 2.17. The fraction of sp³-hybridized carbons (Fsp3) is 0.400. The van der Waals surface area contributed by atoms with Crippen LogP contribution < -0.4 is 5.32 Å². The van der Waals surface area contributed by atoms with Crippen LogP contribution in [-0.4, -0.2) is 54.3 Å². The minimum Gasteiger partial charge on any atom is -0.351 e. The zero-order valence-corrected chi connectivity index (χ0v) is 18.8. The Morgan fingerprint density at radius 3 is 2.63 bits per heavy atom. The second kappa shape index (κ2) is 9.23. The van der Waals surface area contributed by atoms with Gasteiger partial charge >= 0.3 is 0 Å². The van der Waals surface area contributed by atoms with E-state index in [2.05, 4.69) is 10.4 Å². The number of benzene rings is 1. The van der Waals surface area contributed by atoms with E-state index in [0.29, 0.717) is 37.5 Å². The summed E-state index contributed by atoms with van der Waals surface area (Å²) in [5, 5.41) is 8.31. The second-order valence-corrected chi connectivity index (χ2v) is 10.1. The monoisotopic (exact) mass is 452 g/mol. The van der Waals surface area contributed by atoms with Gasteiger partial charge in [0, 0.05) is 25.0 Å². The van der Waals surface area contributed by atoms with Gasteiger partial charge in [-0.2, -0.15) is 5.10 Å². The van der Waals surface area contributed by atoms with Crippen LogP contribution in [0.25, 0.3) is 10.2 Å². The molecule has 1 aromatic carbocycles. The van der Waals surface area contributed by atoms with Gasteiger partial charge in [0.05, 0.1) is 23.4 Å².